The number of hydrogen-bond acceptors (Lipinski definition) is 9. The summed E-state index contributed by atoms with van der Waals surface area (Å²) in [6, 6.07) is 4.71. The molecular weight excluding hydrogens is 504 g/mol. The van der Waals surface area contributed by atoms with Gasteiger partial charge in [0.25, 0.3) is 10.1 Å². The maximum atomic E-state index is 13.6. The molecule has 8 unspecified atom stereocenters. The van der Waals surface area contributed by atoms with Gasteiger partial charge in [-0.15, -0.1) is 0 Å². The maximum Gasteiger partial charge on any atom is 0.315 e. The zero-order valence-electron chi connectivity index (χ0n) is 19.8. The first-order valence-electron chi connectivity index (χ1n) is 12.8. The topological polar surface area (TPSA) is 150 Å². The highest BCUT2D eigenvalue weighted by Crippen LogP contribution is 2.62. The summed E-state index contributed by atoms with van der Waals surface area (Å²) in [5.41, 5.74) is -0.681. The van der Waals surface area contributed by atoms with Gasteiger partial charge >= 0.3 is 17.9 Å². The SMILES string of the molecule is O=C1C2CC3CC1CC(C(=O)OC1C4CC5C1OC(=O)C5C4C(=O)Oc1ccc(S(=O)(=O)O)cc1)(C3)C2. The van der Waals surface area contributed by atoms with Crippen molar-refractivity contribution >= 4 is 33.8 Å². The van der Waals surface area contributed by atoms with E-state index < -0.39 is 57.4 Å². The van der Waals surface area contributed by atoms with Crippen molar-refractivity contribution in [3.8, 4) is 5.75 Å². The predicted molar refractivity (Wildman–Crippen MR) is 121 cm³/mol. The monoisotopic (exact) mass is 530 g/mol. The van der Waals surface area contributed by atoms with Gasteiger partial charge in [-0.2, -0.15) is 8.42 Å². The van der Waals surface area contributed by atoms with Crippen LogP contribution in [0.5, 0.6) is 5.75 Å². The van der Waals surface area contributed by atoms with Crippen LogP contribution in [-0.4, -0.2) is 48.9 Å². The molecule has 6 saturated carbocycles. The average molecular weight is 531 g/mol. The summed E-state index contributed by atoms with van der Waals surface area (Å²) in [6.07, 6.45) is 2.60. The fourth-order valence-corrected chi connectivity index (χ4v) is 9.06. The molecule has 1 saturated heterocycles. The Bertz CT molecular complexity index is 1320. The van der Waals surface area contributed by atoms with Crippen molar-refractivity contribution in [1.29, 1.82) is 0 Å². The Hall–Kier alpha value is -2.79. The Labute approximate surface area is 212 Å². The summed E-state index contributed by atoms with van der Waals surface area (Å²) >= 11 is 0. The van der Waals surface area contributed by atoms with Gasteiger partial charge in [-0.1, -0.05) is 0 Å². The molecule has 7 aliphatic rings. The molecule has 0 spiro atoms. The van der Waals surface area contributed by atoms with Crippen LogP contribution in [-0.2, 0) is 38.8 Å². The molecule has 0 aromatic heterocycles. The molecule has 1 N–H and O–H groups in total. The highest BCUT2D eigenvalue weighted by molar-refractivity contribution is 7.85. The van der Waals surface area contributed by atoms with Crippen molar-refractivity contribution < 1.29 is 46.4 Å². The maximum absolute atomic E-state index is 13.6. The van der Waals surface area contributed by atoms with Crippen LogP contribution in [0.1, 0.15) is 38.5 Å². The highest BCUT2D eigenvalue weighted by atomic mass is 32.2. The van der Waals surface area contributed by atoms with E-state index >= 15 is 0 Å². The number of ether oxygens (including phenoxy) is 3. The zero-order valence-corrected chi connectivity index (χ0v) is 20.6. The molecule has 8 atom stereocenters. The van der Waals surface area contributed by atoms with E-state index in [2.05, 4.69) is 0 Å². The van der Waals surface area contributed by atoms with E-state index in [1.165, 1.54) is 12.1 Å². The van der Waals surface area contributed by atoms with Crippen molar-refractivity contribution in [2.45, 2.75) is 55.6 Å². The van der Waals surface area contributed by atoms with Gasteiger partial charge in [0.15, 0.2) is 0 Å². The Morgan fingerprint density at radius 1 is 0.973 bits per heavy atom. The average Bonchev–Trinajstić information content (AvgIpc) is 3.45. The van der Waals surface area contributed by atoms with Gasteiger partial charge in [0.05, 0.1) is 22.1 Å². The molecule has 11 heteroatoms. The fraction of sp³-hybridized carbons (Fsp3) is 0.615. The lowest BCUT2D eigenvalue weighted by Gasteiger charge is -2.54. The van der Waals surface area contributed by atoms with Gasteiger partial charge < -0.3 is 14.2 Å². The third kappa shape index (κ3) is 3.35. The molecule has 196 valence electrons. The van der Waals surface area contributed by atoms with E-state index in [0.29, 0.717) is 31.6 Å². The Kier molecular flexibility index (Phi) is 4.81. The van der Waals surface area contributed by atoms with Crippen LogP contribution in [0, 0.1) is 46.8 Å². The number of carbonyl (C=O) groups excluding carboxylic acids is 4. The number of hydrogen-bond donors (Lipinski definition) is 1. The van der Waals surface area contributed by atoms with Crippen LogP contribution < -0.4 is 4.74 Å². The second kappa shape index (κ2) is 7.63. The Morgan fingerprint density at radius 2 is 1.65 bits per heavy atom. The number of carbonyl (C=O) groups is 4. The van der Waals surface area contributed by atoms with Crippen molar-refractivity contribution in [3.05, 3.63) is 24.3 Å². The second-order valence-corrected chi connectivity index (χ2v) is 13.2. The number of rotatable bonds is 5. The van der Waals surface area contributed by atoms with Gasteiger partial charge in [0.2, 0.25) is 0 Å². The molecule has 10 nitrogen and oxygen atoms in total. The molecule has 1 aliphatic heterocycles. The number of ketones is 1. The quantitative estimate of drug-likeness (QED) is 0.340. The van der Waals surface area contributed by atoms with Crippen molar-refractivity contribution in [1.82, 2.24) is 0 Å². The van der Waals surface area contributed by atoms with Gasteiger partial charge in [-0.25, -0.2) is 0 Å². The largest absolute Gasteiger partial charge is 0.458 e. The number of Topliss-reactive ketones (excluding diaryl/α,β-unsaturated/α-hetero) is 1. The summed E-state index contributed by atoms with van der Waals surface area (Å²) in [6.45, 7) is 0. The summed E-state index contributed by atoms with van der Waals surface area (Å²) < 4.78 is 48.8. The van der Waals surface area contributed by atoms with E-state index in [4.69, 9.17) is 18.8 Å². The molecule has 0 radical (unpaired) electrons. The minimum absolute atomic E-state index is 0.0647. The normalized spacial score (nSPS) is 42.7. The molecule has 1 heterocycles. The standard InChI is InChI=1S/C26H26O10S/c27-20-12-5-11-6-13(20)10-26(8-11,9-12)25(30)36-22-17-7-16-19(24(29)35-21(16)22)18(17)23(28)34-14-1-3-15(4-2-14)37(31,32)33/h1-4,11-13,16-19,21-22H,5-10H2,(H,31,32,33). The van der Waals surface area contributed by atoms with Crippen molar-refractivity contribution in [2.75, 3.05) is 0 Å². The van der Waals surface area contributed by atoms with E-state index in [1.807, 2.05) is 0 Å². The first-order chi connectivity index (χ1) is 17.5. The van der Waals surface area contributed by atoms with Crippen LogP contribution in [0.3, 0.4) is 0 Å². The lowest BCUT2D eigenvalue weighted by molar-refractivity contribution is -0.188. The molecule has 8 rings (SSSR count). The fourth-order valence-electron chi connectivity index (χ4n) is 8.58. The molecule has 37 heavy (non-hydrogen) atoms. The summed E-state index contributed by atoms with van der Waals surface area (Å²) in [5.74, 6) is -3.19. The Balaban J connectivity index is 1.11. The van der Waals surface area contributed by atoms with Crippen molar-refractivity contribution in [2.24, 2.45) is 46.8 Å². The smallest absolute Gasteiger partial charge is 0.315 e. The minimum Gasteiger partial charge on any atom is -0.458 e. The van der Waals surface area contributed by atoms with E-state index in [0.717, 1.165) is 25.0 Å². The van der Waals surface area contributed by atoms with Gasteiger partial charge in [-0.3, -0.25) is 23.7 Å². The molecule has 0 amide bonds. The molecule has 6 bridgehead atoms. The first kappa shape index (κ1) is 23.3. The first-order valence-corrected chi connectivity index (χ1v) is 14.2. The lowest BCUT2D eigenvalue weighted by atomic mass is 9.49. The predicted octanol–water partition coefficient (Wildman–Crippen LogP) is 1.95. The third-order valence-electron chi connectivity index (χ3n) is 9.83. The number of esters is 3. The Morgan fingerprint density at radius 3 is 2.30 bits per heavy atom. The number of fused-ring (bicyclic) bond motifs is 1. The lowest BCUT2D eigenvalue weighted by Crippen LogP contribution is -2.56. The molecule has 6 aliphatic carbocycles. The second-order valence-electron chi connectivity index (χ2n) is 11.8. The van der Waals surface area contributed by atoms with Gasteiger partial charge in [-0.05, 0) is 68.7 Å². The van der Waals surface area contributed by atoms with Crippen LogP contribution in [0.15, 0.2) is 29.2 Å². The van der Waals surface area contributed by atoms with E-state index in [-0.39, 0.29) is 40.2 Å². The minimum atomic E-state index is -4.39. The molecular formula is C26H26O10S. The highest BCUT2D eigenvalue weighted by Gasteiger charge is 2.71. The number of benzene rings is 1. The van der Waals surface area contributed by atoms with Crippen LogP contribution in [0.2, 0.25) is 0 Å². The zero-order chi connectivity index (χ0) is 25.9. The summed E-state index contributed by atoms with van der Waals surface area (Å²) in [4.78, 5) is 51.8. The van der Waals surface area contributed by atoms with Crippen molar-refractivity contribution in [3.63, 3.8) is 0 Å². The molecule has 7 fully saturated rings. The van der Waals surface area contributed by atoms with Crippen LogP contribution >= 0.6 is 0 Å². The van der Waals surface area contributed by atoms with Crippen LogP contribution in [0.4, 0.5) is 0 Å². The van der Waals surface area contributed by atoms with Crippen LogP contribution in [0.25, 0.3) is 0 Å². The molecule has 1 aromatic carbocycles. The summed E-state index contributed by atoms with van der Waals surface area (Å²) in [5, 5.41) is 0. The van der Waals surface area contributed by atoms with E-state index in [1.54, 1.807) is 0 Å². The summed E-state index contributed by atoms with van der Waals surface area (Å²) in [7, 11) is -4.39. The molecule has 1 aromatic rings. The third-order valence-corrected chi connectivity index (χ3v) is 10.7. The van der Waals surface area contributed by atoms with E-state index in [9.17, 15) is 27.6 Å². The van der Waals surface area contributed by atoms with Gasteiger partial charge in [0, 0.05) is 23.7 Å². The van der Waals surface area contributed by atoms with Gasteiger partial charge in [0.1, 0.15) is 23.7 Å².